The van der Waals surface area contributed by atoms with Crippen LogP contribution in [0.2, 0.25) is 0 Å². The van der Waals surface area contributed by atoms with E-state index >= 15 is 0 Å². The number of Topliss-reactive ketones (excluding diaryl/α,β-unsaturated/α-hetero) is 1. The Bertz CT molecular complexity index is 935. The van der Waals surface area contributed by atoms with E-state index in [1.807, 2.05) is 6.07 Å². The smallest absolute Gasteiger partial charge is 0.294 e. The van der Waals surface area contributed by atoms with Crippen molar-refractivity contribution >= 4 is 15.8 Å². The summed E-state index contributed by atoms with van der Waals surface area (Å²) in [5.74, 6) is -0.744. The van der Waals surface area contributed by atoms with Gasteiger partial charge >= 0.3 is 6.18 Å². The van der Waals surface area contributed by atoms with E-state index in [2.05, 4.69) is 0 Å². The molecule has 2 aromatic rings. The van der Waals surface area contributed by atoms with Crippen LogP contribution in [0.3, 0.4) is 0 Å². The third kappa shape index (κ3) is 4.80. The van der Waals surface area contributed by atoms with Crippen molar-refractivity contribution in [2.75, 3.05) is 13.1 Å². The summed E-state index contributed by atoms with van der Waals surface area (Å²) in [5.41, 5.74) is -0.169. The molecule has 1 heterocycles. The van der Waals surface area contributed by atoms with Crippen molar-refractivity contribution in [2.24, 2.45) is 5.92 Å². The van der Waals surface area contributed by atoms with E-state index in [9.17, 15) is 26.4 Å². The van der Waals surface area contributed by atoms with Gasteiger partial charge in [0.2, 0.25) is 10.0 Å². The van der Waals surface area contributed by atoms with Crippen LogP contribution in [0.5, 0.6) is 0 Å². The Morgan fingerprint density at radius 3 is 2.25 bits per heavy atom. The molecule has 8 heteroatoms. The third-order valence-corrected chi connectivity index (χ3v) is 6.73. The largest absolute Gasteiger partial charge is 0.416 e. The predicted molar refractivity (Wildman–Crippen MR) is 99.1 cm³/mol. The van der Waals surface area contributed by atoms with Crippen LogP contribution in [-0.2, 0) is 22.0 Å². The van der Waals surface area contributed by atoms with Gasteiger partial charge in [-0.3, -0.25) is 4.79 Å². The highest BCUT2D eigenvalue weighted by molar-refractivity contribution is 7.88. The number of nitrogens with zero attached hydrogens (tertiary/aromatic N) is 1. The van der Waals surface area contributed by atoms with Gasteiger partial charge < -0.3 is 0 Å². The van der Waals surface area contributed by atoms with Crippen LogP contribution in [0.1, 0.15) is 34.3 Å². The number of ketones is 1. The maximum atomic E-state index is 12.8. The number of halogens is 3. The lowest BCUT2D eigenvalue weighted by Crippen LogP contribution is -2.40. The third-order valence-electron chi connectivity index (χ3n) is 4.88. The van der Waals surface area contributed by atoms with Crippen molar-refractivity contribution in [3.8, 4) is 0 Å². The second kappa shape index (κ2) is 8.05. The first-order chi connectivity index (χ1) is 13.2. The first-order valence-corrected chi connectivity index (χ1v) is 10.5. The molecular weight excluding hydrogens is 391 g/mol. The average Bonchev–Trinajstić information content (AvgIpc) is 2.67. The second-order valence-corrected chi connectivity index (χ2v) is 8.83. The summed E-state index contributed by atoms with van der Waals surface area (Å²) in [6, 6.07) is 13.2. The monoisotopic (exact) mass is 411 g/mol. The van der Waals surface area contributed by atoms with E-state index in [4.69, 9.17) is 0 Å². The van der Waals surface area contributed by atoms with Crippen molar-refractivity contribution in [1.29, 1.82) is 0 Å². The van der Waals surface area contributed by atoms with E-state index in [1.54, 1.807) is 24.3 Å². The molecule has 0 spiro atoms. The van der Waals surface area contributed by atoms with E-state index in [0.29, 0.717) is 18.4 Å². The van der Waals surface area contributed by atoms with Crippen LogP contribution in [0.25, 0.3) is 0 Å². The average molecular weight is 411 g/mol. The van der Waals surface area contributed by atoms with Gasteiger partial charge in [0.15, 0.2) is 5.78 Å². The molecule has 1 aliphatic heterocycles. The van der Waals surface area contributed by atoms with Gasteiger partial charge in [-0.1, -0.05) is 48.5 Å². The summed E-state index contributed by atoms with van der Waals surface area (Å²) in [6.45, 7) is 0.370. The van der Waals surface area contributed by atoms with E-state index < -0.39 is 27.5 Å². The summed E-state index contributed by atoms with van der Waals surface area (Å²) in [7, 11) is -3.76. The number of alkyl halides is 3. The first-order valence-electron chi connectivity index (χ1n) is 8.90. The summed E-state index contributed by atoms with van der Waals surface area (Å²) in [6.07, 6.45) is -3.72. The predicted octanol–water partition coefficient (Wildman–Crippen LogP) is 4.13. The molecule has 1 fully saturated rings. The number of rotatable bonds is 5. The normalized spacial score (nSPS) is 16.8. The van der Waals surface area contributed by atoms with Gasteiger partial charge in [0.1, 0.15) is 0 Å². The van der Waals surface area contributed by atoms with E-state index in [0.717, 1.165) is 12.1 Å². The molecule has 0 saturated carbocycles. The molecule has 150 valence electrons. The number of carbonyl (C=O) groups is 1. The van der Waals surface area contributed by atoms with Crippen molar-refractivity contribution in [3.05, 3.63) is 71.3 Å². The minimum Gasteiger partial charge on any atom is -0.294 e. The molecule has 0 unspecified atom stereocenters. The quantitative estimate of drug-likeness (QED) is 0.696. The van der Waals surface area contributed by atoms with Gasteiger partial charge in [-0.25, -0.2) is 12.7 Å². The molecule has 0 radical (unpaired) electrons. The zero-order valence-corrected chi connectivity index (χ0v) is 15.8. The van der Waals surface area contributed by atoms with Crippen LogP contribution in [0.15, 0.2) is 54.6 Å². The highest BCUT2D eigenvalue weighted by Gasteiger charge is 2.33. The highest BCUT2D eigenvalue weighted by Crippen LogP contribution is 2.30. The molecule has 4 nitrogen and oxygen atoms in total. The topological polar surface area (TPSA) is 54.5 Å². The molecule has 0 amide bonds. The first kappa shape index (κ1) is 20.5. The van der Waals surface area contributed by atoms with Gasteiger partial charge in [-0.2, -0.15) is 13.2 Å². The molecule has 28 heavy (non-hydrogen) atoms. The van der Waals surface area contributed by atoms with Crippen LogP contribution in [-0.4, -0.2) is 31.6 Å². The number of carbonyl (C=O) groups excluding carboxylic acids is 1. The summed E-state index contributed by atoms with van der Waals surface area (Å²) in [4.78, 5) is 12.5. The number of benzene rings is 2. The molecule has 0 atom stereocenters. The molecule has 0 N–H and O–H groups in total. The zero-order valence-electron chi connectivity index (χ0n) is 15.0. The maximum absolute atomic E-state index is 12.8. The van der Waals surface area contributed by atoms with E-state index in [1.165, 1.54) is 16.4 Å². The number of hydrogen-bond donors (Lipinski definition) is 0. The van der Waals surface area contributed by atoms with Gasteiger partial charge in [0, 0.05) is 24.6 Å². The lowest BCUT2D eigenvalue weighted by atomic mass is 9.90. The SMILES string of the molecule is O=C(c1ccccc1)C1CCN(S(=O)(=O)Cc2cccc(C(F)(F)F)c2)CC1. The number of piperidine rings is 1. The summed E-state index contributed by atoms with van der Waals surface area (Å²) >= 11 is 0. The Morgan fingerprint density at radius 2 is 1.64 bits per heavy atom. The van der Waals surface area contributed by atoms with Crippen LogP contribution in [0, 0.1) is 5.92 Å². The van der Waals surface area contributed by atoms with Gasteiger partial charge in [0.05, 0.1) is 11.3 Å². The maximum Gasteiger partial charge on any atom is 0.416 e. The molecule has 0 aromatic heterocycles. The molecule has 2 aromatic carbocycles. The lowest BCUT2D eigenvalue weighted by Gasteiger charge is -2.30. The summed E-state index contributed by atoms with van der Waals surface area (Å²) in [5, 5.41) is 0. The fourth-order valence-corrected chi connectivity index (χ4v) is 4.92. The van der Waals surface area contributed by atoms with Crippen molar-refractivity contribution in [3.63, 3.8) is 0 Å². The fraction of sp³-hybridized carbons (Fsp3) is 0.350. The van der Waals surface area contributed by atoms with Crippen LogP contribution >= 0.6 is 0 Å². The second-order valence-electron chi connectivity index (χ2n) is 6.86. The zero-order chi connectivity index (χ0) is 20.4. The Morgan fingerprint density at radius 1 is 1.00 bits per heavy atom. The molecular formula is C20H20F3NO3S. The molecule has 3 rings (SSSR count). The Kier molecular flexibility index (Phi) is 5.90. The molecule has 1 saturated heterocycles. The Labute approximate surface area is 162 Å². The van der Waals surface area contributed by atoms with Gasteiger partial charge in [-0.15, -0.1) is 0 Å². The standard InChI is InChI=1S/C20H20F3NO3S/c21-20(22,23)18-8-4-5-15(13-18)14-28(26,27)24-11-9-17(10-12-24)19(25)16-6-2-1-3-7-16/h1-8,13,17H,9-12,14H2. The van der Waals surface area contributed by atoms with E-state index in [-0.39, 0.29) is 30.4 Å². The van der Waals surface area contributed by atoms with Crippen molar-refractivity contribution in [1.82, 2.24) is 4.31 Å². The van der Waals surface area contributed by atoms with Gasteiger partial charge in [-0.05, 0) is 24.5 Å². The highest BCUT2D eigenvalue weighted by atomic mass is 32.2. The van der Waals surface area contributed by atoms with Crippen LogP contribution < -0.4 is 0 Å². The van der Waals surface area contributed by atoms with Gasteiger partial charge in [0.25, 0.3) is 0 Å². The Hall–Kier alpha value is -2.19. The fourth-order valence-electron chi connectivity index (χ4n) is 3.37. The molecule has 0 aliphatic carbocycles. The van der Waals surface area contributed by atoms with Crippen LogP contribution in [0.4, 0.5) is 13.2 Å². The number of sulfonamides is 1. The Balaban J connectivity index is 1.64. The number of hydrogen-bond acceptors (Lipinski definition) is 3. The molecule has 1 aliphatic rings. The minimum atomic E-state index is -4.52. The summed E-state index contributed by atoms with van der Waals surface area (Å²) < 4.78 is 65.0. The molecule has 0 bridgehead atoms. The van der Waals surface area contributed by atoms with Crippen molar-refractivity contribution < 1.29 is 26.4 Å². The minimum absolute atomic E-state index is 0.00414. The van der Waals surface area contributed by atoms with Crippen molar-refractivity contribution in [2.45, 2.75) is 24.8 Å². The lowest BCUT2D eigenvalue weighted by molar-refractivity contribution is -0.137.